The summed E-state index contributed by atoms with van der Waals surface area (Å²) >= 11 is 6.00. The minimum absolute atomic E-state index is 0.190. The van der Waals surface area contributed by atoms with Crippen LogP contribution in [0.2, 0.25) is 5.02 Å². The van der Waals surface area contributed by atoms with Crippen LogP contribution >= 0.6 is 11.6 Å². The molecule has 1 aliphatic heterocycles. The lowest BCUT2D eigenvalue weighted by Crippen LogP contribution is -2.12. The van der Waals surface area contributed by atoms with E-state index in [1.54, 1.807) is 12.1 Å². The van der Waals surface area contributed by atoms with Crippen LogP contribution in [0.15, 0.2) is 48.5 Å². The van der Waals surface area contributed by atoms with Gasteiger partial charge < -0.3 is 10.5 Å². The molecule has 0 atom stereocenters. The first kappa shape index (κ1) is 16.0. The van der Waals surface area contributed by atoms with E-state index < -0.39 is 0 Å². The van der Waals surface area contributed by atoms with E-state index in [2.05, 4.69) is 12.1 Å². The van der Waals surface area contributed by atoms with Gasteiger partial charge in [0.15, 0.2) is 0 Å². The molecule has 26 heavy (non-hydrogen) atoms. The number of para-hydroxylation sites is 1. The molecule has 5 heteroatoms. The molecule has 0 saturated carbocycles. The first-order chi connectivity index (χ1) is 12.7. The fourth-order valence-electron chi connectivity index (χ4n) is 3.38. The predicted molar refractivity (Wildman–Crippen MR) is 100 cm³/mol. The standard InChI is InChI=1S/C21H12ClN3O/c22-13-7-5-12(6-8-13)19-15(9-23)21(25)16(10-24)20-14-3-1-2-4-18(14)26-11-17(19)20/h1-8H,11,25H2. The predicted octanol–water partition coefficient (Wildman–Crippen LogP) is 4.89. The van der Waals surface area contributed by atoms with Crippen molar-refractivity contribution in [3.63, 3.8) is 0 Å². The average Bonchev–Trinajstić information content (AvgIpc) is 2.67. The van der Waals surface area contributed by atoms with Crippen molar-refractivity contribution in [3.05, 3.63) is 70.2 Å². The van der Waals surface area contributed by atoms with Crippen molar-refractivity contribution in [2.24, 2.45) is 0 Å². The molecule has 124 valence electrons. The highest BCUT2D eigenvalue weighted by Gasteiger charge is 2.29. The number of halogens is 1. The zero-order valence-corrected chi connectivity index (χ0v) is 14.3. The lowest BCUT2D eigenvalue weighted by molar-refractivity contribution is 0.303. The molecule has 3 aromatic carbocycles. The number of fused-ring (bicyclic) bond motifs is 3. The number of anilines is 1. The van der Waals surface area contributed by atoms with Crippen LogP contribution in [0.4, 0.5) is 5.69 Å². The van der Waals surface area contributed by atoms with Crippen molar-refractivity contribution in [2.75, 3.05) is 5.73 Å². The van der Waals surface area contributed by atoms with E-state index in [1.807, 2.05) is 36.4 Å². The molecule has 0 saturated heterocycles. The summed E-state index contributed by atoms with van der Waals surface area (Å²) in [6, 6.07) is 19.0. The maximum Gasteiger partial charge on any atom is 0.127 e. The van der Waals surface area contributed by atoms with Gasteiger partial charge in [-0.05, 0) is 23.8 Å². The number of nitriles is 2. The Morgan fingerprint density at radius 2 is 1.58 bits per heavy atom. The van der Waals surface area contributed by atoms with Crippen molar-refractivity contribution >= 4 is 17.3 Å². The Labute approximate surface area is 155 Å². The fraction of sp³-hybridized carbons (Fsp3) is 0.0476. The molecule has 0 fully saturated rings. The van der Waals surface area contributed by atoms with Crippen LogP contribution in [-0.4, -0.2) is 0 Å². The van der Waals surface area contributed by atoms with E-state index in [0.717, 1.165) is 22.3 Å². The summed E-state index contributed by atoms with van der Waals surface area (Å²) in [5.41, 5.74) is 10.8. The van der Waals surface area contributed by atoms with Crippen LogP contribution in [0.1, 0.15) is 16.7 Å². The Bertz CT molecular complexity index is 1120. The van der Waals surface area contributed by atoms with Crippen molar-refractivity contribution in [1.29, 1.82) is 10.5 Å². The van der Waals surface area contributed by atoms with Crippen LogP contribution in [0, 0.1) is 22.7 Å². The van der Waals surface area contributed by atoms with Gasteiger partial charge in [0.2, 0.25) is 0 Å². The molecule has 1 aliphatic rings. The van der Waals surface area contributed by atoms with Gasteiger partial charge in [0.1, 0.15) is 24.5 Å². The number of nitrogens with zero attached hydrogens (tertiary/aromatic N) is 2. The normalized spacial score (nSPS) is 11.5. The Morgan fingerprint density at radius 3 is 2.27 bits per heavy atom. The smallest absolute Gasteiger partial charge is 0.127 e. The summed E-state index contributed by atoms with van der Waals surface area (Å²) in [4.78, 5) is 0. The lowest BCUT2D eigenvalue weighted by Gasteiger charge is -2.26. The molecule has 3 aromatic rings. The van der Waals surface area contributed by atoms with Gasteiger partial charge in [-0.25, -0.2) is 0 Å². The molecule has 0 amide bonds. The molecule has 0 radical (unpaired) electrons. The van der Waals surface area contributed by atoms with Crippen LogP contribution in [0.3, 0.4) is 0 Å². The topological polar surface area (TPSA) is 82.8 Å². The number of hydrogen-bond donors (Lipinski definition) is 1. The maximum absolute atomic E-state index is 9.73. The number of nitrogen functional groups attached to an aromatic ring is 1. The Hall–Kier alpha value is -3.47. The van der Waals surface area contributed by atoms with Gasteiger partial charge in [0.05, 0.1) is 16.8 Å². The number of benzene rings is 3. The number of rotatable bonds is 1. The van der Waals surface area contributed by atoms with Gasteiger partial charge in [-0.2, -0.15) is 10.5 Å². The second-order valence-corrected chi connectivity index (χ2v) is 6.34. The Morgan fingerprint density at radius 1 is 0.923 bits per heavy atom. The third kappa shape index (κ3) is 2.29. The van der Waals surface area contributed by atoms with Crippen LogP contribution < -0.4 is 10.5 Å². The Kier molecular flexibility index (Phi) is 3.77. The molecular formula is C21H12ClN3O. The summed E-state index contributed by atoms with van der Waals surface area (Å²) in [5, 5.41) is 20.0. The highest BCUT2D eigenvalue weighted by atomic mass is 35.5. The van der Waals surface area contributed by atoms with Crippen molar-refractivity contribution in [2.45, 2.75) is 6.61 Å². The molecule has 4 nitrogen and oxygen atoms in total. The average molecular weight is 358 g/mol. The molecule has 4 rings (SSSR count). The summed E-state index contributed by atoms with van der Waals surface area (Å²) in [6.07, 6.45) is 0. The zero-order chi connectivity index (χ0) is 18.3. The molecule has 0 bridgehead atoms. The van der Waals surface area contributed by atoms with Crippen molar-refractivity contribution in [1.82, 2.24) is 0 Å². The first-order valence-corrected chi connectivity index (χ1v) is 8.30. The SMILES string of the molecule is N#Cc1c(N)c(C#N)c2c(c1-c1ccc(Cl)cc1)COc1ccccc1-2. The fourth-order valence-corrected chi connectivity index (χ4v) is 3.51. The highest BCUT2D eigenvalue weighted by molar-refractivity contribution is 6.30. The minimum Gasteiger partial charge on any atom is -0.488 e. The number of hydrogen-bond acceptors (Lipinski definition) is 4. The molecule has 0 aromatic heterocycles. The maximum atomic E-state index is 9.73. The van der Waals surface area contributed by atoms with Crippen molar-refractivity contribution < 1.29 is 4.74 Å². The van der Waals surface area contributed by atoms with Gasteiger partial charge in [-0.3, -0.25) is 0 Å². The van der Waals surface area contributed by atoms with Gasteiger partial charge in [0, 0.05) is 27.3 Å². The molecule has 0 aliphatic carbocycles. The number of nitrogens with two attached hydrogens (primary N) is 1. The first-order valence-electron chi connectivity index (χ1n) is 7.92. The van der Waals surface area contributed by atoms with Crippen LogP contribution in [0.5, 0.6) is 5.75 Å². The minimum atomic E-state index is 0.190. The van der Waals surface area contributed by atoms with E-state index >= 15 is 0 Å². The third-order valence-corrected chi connectivity index (χ3v) is 4.78. The summed E-state index contributed by atoms with van der Waals surface area (Å²) in [5.74, 6) is 0.697. The largest absolute Gasteiger partial charge is 0.488 e. The van der Waals surface area contributed by atoms with E-state index in [9.17, 15) is 10.5 Å². The Balaban J connectivity index is 2.15. The second kappa shape index (κ2) is 6.11. The van der Waals surface area contributed by atoms with E-state index in [1.165, 1.54) is 0 Å². The molecule has 0 unspecified atom stereocenters. The zero-order valence-electron chi connectivity index (χ0n) is 13.6. The van der Waals surface area contributed by atoms with Gasteiger partial charge in [-0.15, -0.1) is 0 Å². The van der Waals surface area contributed by atoms with E-state index in [0.29, 0.717) is 21.9 Å². The second-order valence-electron chi connectivity index (χ2n) is 5.91. The number of ether oxygens (including phenoxy) is 1. The molecule has 0 spiro atoms. The summed E-state index contributed by atoms with van der Waals surface area (Å²) < 4.78 is 5.89. The highest BCUT2D eigenvalue weighted by Crippen LogP contribution is 2.47. The van der Waals surface area contributed by atoms with Crippen molar-refractivity contribution in [3.8, 4) is 40.1 Å². The van der Waals surface area contributed by atoms with Gasteiger partial charge >= 0.3 is 0 Å². The van der Waals surface area contributed by atoms with Crippen LogP contribution in [0.25, 0.3) is 22.3 Å². The molecular weight excluding hydrogens is 346 g/mol. The lowest BCUT2D eigenvalue weighted by atomic mass is 9.83. The summed E-state index contributed by atoms with van der Waals surface area (Å²) in [7, 11) is 0. The van der Waals surface area contributed by atoms with E-state index in [4.69, 9.17) is 22.1 Å². The third-order valence-electron chi connectivity index (χ3n) is 4.53. The van der Waals surface area contributed by atoms with Gasteiger partial charge in [0.25, 0.3) is 0 Å². The quantitative estimate of drug-likeness (QED) is 0.628. The van der Waals surface area contributed by atoms with Crippen LogP contribution in [-0.2, 0) is 6.61 Å². The molecule has 1 heterocycles. The van der Waals surface area contributed by atoms with Gasteiger partial charge in [-0.1, -0.05) is 41.9 Å². The monoisotopic (exact) mass is 357 g/mol. The van der Waals surface area contributed by atoms with E-state index in [-0.39, 0.29) is 17.9 Å². The molecule has 2 N–H and O–H groups in total. The summed E-state index contributed by atoms with van der Waals surface area (Å²) in [6.45, 7) is 0.258.